The fraction of sp³-hybridized carbons (Fsp3) is 0. The van der Waals surface area contributed by atoms with Crippen LogP contribution in [0.5, 0.6) is 0 Å². The summed E-state index contributed by atoms with van der Waals surface area (Å²) in [6.45, 7) is 0. The zero-order valence-electron chi connectivity index (χ0n) is 8.76. The molecule has 0 aliphatic rings. The molecule has 1 aromatic heterocycles. The SMILES string of the molecule is N.NN=[N+](N)c1cc(Cl)cc2c(=O)ccoc12. The van der Waals surface area contributed by atoms with Gasteiger partial charge in [0.25, 0.3) is 0 Å². The van der Waals surface area contributed by atoms with E-state index in [-0.39, 0.29) is 17.2 Å². The predicted molar refractivity (Wildman–Crippen MR) is 63.2 cm³/mol. The highest BCUT2D eigenvalue weighted by Gasteiger charge is 2.14. The quantitative estimate of drug-likeness (QED) is 0.307. The number of rotatable bonds is 1. The molecule has 0 saturated heterocycles. The third kappa shape index (κ3) is 2.19. The van der Waals surface area contributed by atoms with Gasteiger partial charge in [0.05, 0.1) is 11.6 Å². The predicted octanol–water partition coefficient (Wildman–Crippen LogP) is 1.45. The zero-order chi connectivity index (χ0) is 11.7. The van der Waals surface area contributed by atoms with Crippen molar-refractivity contribution in [3.63, 3.8) is 0 Å². The summed E-state index contributed by atoms with van der Waals surface area (Å²) >= 11 is 5.85. The maximum Gasteiger partial charge on any atom is 0.223 e. The molecule has 7 N–H and O–H groups in total. The standard InChI is InChI=1S/C9H7ClN4O2.H3N/c10-5-3-6-8(15)1-2-16-9(6)7(4-5)14(12)13-11;/h1-4,11H,12H2;1H3/p+1. The van der Waals surface area contributed by atoms with Crippen molar-refractivity contribution in [2.45, 2.75) is 0 Å². The molecule has 0 radical (unpaired) electrons. The summed E-state index contributed by atoms with van der Waals surface area (Å²) in [4.78, 5) is 12.4. The average molecular weight is 257 g/mol. The molecule has 1 aromatic carbocycles. The Hall–Kier alpha value is -2.12. The van der Waals surface area contributed by atoms with Gasteiger partial charge in [-0.3, -0.25) is 4.79 Å². The summed E-state index contributed by atoms with van der Waals surface area (Å²) in [5.41, 5.74) is 0.395. The Bertz CT molecular complexity index is 637. The molecule has 0 amide bonds. The van der Waals surface area contributed by atoms with Crippen LogP contribution < -0.4 is 23.3 Å². The Balaban J connectivity index is 0.00000144. The van der Waals surface area contributed by atoms with E-state index >= 15 is 0 Å². The van der Waals surface area contributed by atoms with Crippen LogP contribution in [0.1, 0.15) is 0 Å². The van der Waals surface area contributed by atoms with Crippen molar-refractivity contribution in [1.82, 2.24) is 6.15 Å². The van der Waals surface area contributed by atoms with Crippen LogP contribution >= 0.6 is 11.6 Å². The Morgan fingerprint density at radius 3 is 2.76 bits per heavy atom. The Morgan fingerprint density at radius 2 is 2.12 bits per heavy atom. The zero-order valence-corrected chi connectivity index (χ0v) is 9.52. The molecule has 90 valence electrons. The molecule has 17 heavy (non-hydrogen) atoms. The van der Waals surface area contributed by atoms with Crippen LogP contribution in [0.2, 0.25) is 5.02 Å². The van der Waals surface area contributed by atoms with Crippen molar-refractivity contribution in [3.8, 4) is 0 Å². The van der Waals surface area contributed by atoms with Gasteiger partial charge in [-0.05, 0) is 10.9 Å². The minimum absolute atomic E-state index is 0. The van der Waals surface area contributed by atoms with Crippen LogP contribution in [-0.4, -0.2) is 4.81 Å². The first-order valence-corrected chi connectivity index (χ1v) is 4.68. The van der Waals surface area contributed by atoms with Crippen molar-refractivity contribution < 1.29 is 9.22 Å². The fourth-order valence-corrected chi connectivity index (χ4v) is 1.58. The average Bonchev–Trinajstić information content (AvgIpc) is 2.28. The van der Waals surface area contributed by atoms with Crippen molar-refractivity contribution in [1.29, 1.82) is 0 Å². The molecule has 7 nitrogen and oxygen atoms in total. The van der Waals surface area contributed by atoms with Crippen LogP contribution in [0.4, 0.5) is 5.69 Å². The van der Waals surface area contributed by atoms with Gasteiger partial charge in [0, 0.05) is 17.2 Å². The van der Waals surface area contributed by atoms with Gasteiger partial charge in [0.2, 0.25) is 5.69 Å². The van der Waals surface area contributed by atoms with Crippen LogP contribution in [-0.2, 0) is 0 Å². The largest absolute Gasteiger partial charge is 0.459 e. The topological polar surface area (TPSA) is 133 Å². The number of hydrogen-bond donors (Lipinski definition) is 3. The van der Waals surface area contributed by atoms with E-state index in [9.17, 15) is 4.79 Å². The number of nitrogens with two attached hydrogens (primary N) is 2. The number of hydrazine groups is 1. The summed E-state index contributed by atoms with van der Waals surface area (Å²) < 4.78 is 5.21. The van der Waals surface area contributed by atoms with Gasteiger partial charge in [0.1, 0.15) is 5.22 Å². The van der Waals surface area contributed by atoms with E-state index in [0.29, 0.717) is 16.1 Å². The number of nitrogens with zero attached hydrogens (tertiary/aromatic N) is 2. The Kier molecular flexibility index (Phi) is 3.66. The van der Waals surface area contributed by atoms with Gasteiger partial charge in [-0.2, -0.15) is 5.84 Å². The summed E-state index contributed by atoms with van der Waals surface area (Å²) in [6.07, 6.45) is 1.27. The molecule has 0 bridgehead atoms. The van der Waals surface area contributed by atoms with Crippen molar-refractivity contribution in [2.75, 3.05) is 0 Å². The summed E-state index contributed by atoms with van der Waals surface area (Å²) in [6, 6.07) is 4.29. The van der Waals surface area contributed by atoms with Crippen LogP contribution in [0.15, 0.2) is 38.9 Å². The van der Waals surface area contributed by atoms with E-state index in [4.69, 9.17) is 27.7 Å². The first-order chi connectivity index (χ1) is 7.63. The monoisotopic (exact) mass is 256 g/mol. The first kappa shape index (κ1) is 12.9. The maximum atomic E-state index is 11.6. The summed E-state index contributed by atoms with van der Waals surface area (Å²) in [7, 11) is 0. The molecule has 0 unspecified atom stereocenters. The molecule has 0 aliphatic heterocycles. The number of halogens is 1. The molecular weight excluding hydrogens is 246 g/mol. The fourth-order valence-electron chi connectivity index (χ4n) is 1.37. The molecule has 0 atom stereocenters. The minimum Gasteiger partial charge on any atom is -0.459 e. The third-order valence-electron chi connectivity index (χ3n) is 2.08. The molecule has 0 spiro atoms. The molecule has 1 heterocycles. The molecule has 8 heteroatoms. The van der Waals surface area contributed by atoms with Crippen LogP contribution in [0.3, 0.4) is 0 Å². The maximum absolute atomic E-state index is 11.6. The van der Waals surface area contributed by atoms with Gasteiger partial charge in [-0.15, -0.1) is 0 Å². The van der Waals surface area contributed by atoms with Crippen molar-refractivity contribution in [2.24, 2.45) is 16.9 Å². The smallest absolute Gasteiger partial charge is 0.223 e. The summed E-state index contributed by atoms with van der Waals surface area (Å²) in [5.74, 6) is 10.5. The van der Waals surface area contributed by atoms with Crippen LogP contribution in [0, 0.1) is 0 Å². The highest BCUT2D eigenvalue weighted by molar-refractivity contribution is 6.31. The van der Waals surface area contributed by atoms with Gasteiger partial charge in [-0.25, -0.2) is 5.84 Å². The lowest BCUT2D eigenvalue weighted by Gasteiger charge is -2.01. The second-order valence-corrected chi connectivity index (χ2v) is 3.48. The van der Waals surface area contributed by atoms with Crippen molar-refractivity contribution >= 4 is 28.3 Å². The number of benzene rings is 1. The lowest BCUT2D eigenvalue weighted by atomic mass is 10.2. The van der Waals surface area contributed by atoms with E-state index in [2.05, 4.69) is 5.22 Å². The lowest BCUT2D eigenvalue weighted by molar-refractivity contribution is -0.525. The third-order valence-corrected chi connectivity index (χ3v) is 2.29. The van der Waals surface area contributed by atoms with Gasteiger partial charge < -0.3 is 10.6 Å². The Morgan fingerprint density at radius 1 is 1.41 bits per heavy atom. The molecule has 0 aliphatic carbocycles. The van der Waals surface area contributed by atoms with Crippen LogP contribution in [0.25, 0.3) is 11.0 Å². The highest BCUT2D eigenvalue weighted by Crippen LogP contribution is 2.26. The molecule has 2 aromatic rings. The van der Waals surface area contributed by atoms with Gasteiger partial charge >= 0.3 is 0 Å². The molecule has 0 saturated carbocycles. The van der Waals surface area contributed by atoms with E-state index in [1.165, 1.54) is 24.5 Å². The second-order valence-electron chi connectivity index (χ2n) is 3.05. The first-order valence-electron chi connectivity index (χ1n) is 4.30. The summed E-state index contributed by atoms with van der Waals surface area (Å²) in [5, 5.41) is 3.94. The minimum atomic E-state index is -0.213. The highest BCUT2D eigenvalue weighted by atomic mass is 35.5. The van der Waals surface area contributed by atoms with E-state index in [1.54, 1.807) is 0 Å². The number of fused-ring (bicyclic) bond motifs is 1. The van der Waals surface area contributed by atoms with E-state index in [0.717, 1.165) is 4.81 Å². The lowest BCUT2D eigenvalue weighted by Crippen LogP contribution is -2.14. The molecule has 0 fully saturated rings. The Labute approximate surface area is 101 Å². The van der Waals surface area contributed by atoms with E-state index in [1.807, 2.05) is 0 Å². The van der Waals surface area contributed by atoms with E-state index < -0.39 is 0 Å². The molecular formula is C9H11ClN5O2+. The van der Waals surface area contributed by atoms with Crippen molar-refractivity contribution in [3.05, 3.63) is 39.7 Å². The van der Waals surface area contributed by atoms with Gasteiger partial charge in [0.15, 0.2) is 11.0 Å². The van der Waals surface area contributed by atoms with Gasteiger partial charge in [-0.1, -0.05) is 11.6 Å². The number of hydrogen-bond acceptors (Lipinski definition) is 4. The molecule has 2 rings (SSSR count). The normalized spacial score (nSPS) is 11.2. The second kappa shape index (κ2) is 4.81.